The van der Waals surface area contributed by atoms with E-state index < -0.39 is 5.97 Å². The second-order valence-corrected chi connectivity index (χ2v) is 5.65. The highest BCUT2D eigenvalue weighted by molar-refractivity contribution is 5.84. The highest BCUT2D eigenvalue weighted by Gasteiger charge is 2.14. The lowest BCUT2D eigenvalue weighted by Crippen LogP contribution is -2.08. The summed E-state index contributed by atoms with van der Waals surface area (Å²) in [5.41, 5.74) is 2.29. The molecule has 0 unspecified atom stereocenters. The molecule has 2 aromatic heterocycles. The second kappa shape index (κ2) is 6.79. The van der Waals surface area contributed by atoms with Crippen molar-refractivity contribution < 1.29 is 23.0 Å². The Morgan fingerprint density at radius 3 is 2.69 bits per heavy atom. The molecule has 26 heavy (non-hydrogen) atoms. The summed E-state index contributed by atoms with van der Waals surface area (Å²) in [6, 6.07) is 14.8. The van der Waals surface area contributed by atoms with Crippen molar-refractivity contribution in [3.8, 4) is 11.3 Å². The highest BCUT2D eigenvalue weighted by Crippen LogP contribution is 2.21. The Labute approximate surface area is 147 Å². The zero-order chi connectivity index (χ0) is 17.9. The molecular weight excluding hydrogens is 339 g/mol. The van der Waals surface area contributed by atoms with Gasteiger partial charge in [0.1, 0.15) is 23.8 Å². The van der Waals surface area contributed by atoms with Crippen molar-refractivity contribution in [2.75, 3.05) is 0 Å². The molecule has 0 bridgehead atoms. The van der Waals surface area contributed by atoms with Crippen molar-refractivity contribution in [1.82, 2.24) is 10.3 Å². The summed E-state index contributed by atoms with van der Waals surface area (Å²) in [4.78, 5) is 12.0. The van der Waals surface area contributed by atoms with Crippen LogP contribution in [-0.4, -0.2) is 16.3 Å². The largest absolute Gasteiger partial charge is 0.459 e. The van der Waals surface area contributed by atoms with E-state index in [0.717, 1.165) is 5.39 Å². The lowest BCUT2D eigenvalue weighted by atomic mass is 10.1. The molecule has 7 heteroatoms. The first-order valence-corrected chi connectivity index (χ1v) is 7.89. The number of aromatic nitrogens is 2. The Hall–Kier alpha value is -3.48. The van der Waals surface area contributed by atoms with Gasteiger partial charge in [0.25, 0.3) is 0 Å². The van der Waals surface area contributed by atoms with Crippen LogP contribution in [0.4, 0.5) is 4.39 Å². The van der Waals surface area contributed by atoms with Crippen molar-refractivity contribution in [2.24, 2.45) is 0 Å². The predicted octanol–water partition coefficient (Wildman–Crippen LogP) is 3.91. The molecule has 130 valence electrons. The molecule has 0 N–H and O–H groups in total. The van der Waals surface area contributed by atoms with Crippen LogP contribution in [0.5, 0.6) is 0 Å². The minimum Gasteiger partial charge on any atom is -0.459 e. The standard InChI is InChI=1S/C19H13FN2O4/c20-13-7-5-12(6-8-13)18-9-14(21-26-18)11-24-19(23)10-16-15-3-1-2-4-17(15)25-22-16/h1-9H,10-11H2. The summed E-state index contributed by atoms with van der Waals surface area (Å²) in [5, 5.41) is 8.54. The third-order valence-electron chi connectivity index (χ3n) is 3.83. The van der Waals surface area contributed by atoms with Gasteiger partial charge in [-0.05, 0) is 36.4 Å². The van der Waals surface area contributed by atoms with E-state index in [9.17, 15) is 9.18 Å². The molecule has 0 spiro atoms. The molecule has 0 aliphatic heterocycles. The maximum atomic E-state index is 13.0. The molecule has 4 aromatic rings. The van der Waals surface area contributed by atoms with Gasteiger partial charge in [0, 0.05) is 17.0 Å². The van der Waals surface area contributed by atoms with Crippen LogP contribution in [-0.2, 0) is 22.6 Å². The first-order valence-electron chi connectivity index (χ1n) is 7.89. The number of ether oxygens (including phenoxy) is 1. The van der Waals surface area contributed by atoms with Crippen LogP contribution in [0.3, 0.4) is 0 Å². The number of rotatable bonds is 5. The molecule has 0 fully saturated rings. The Morgan fingerprint density at radius 1 is 1.04 bits per heavy atom. The Balaban J connectivity index is 1.38. The number of carbonyl (C=O) groups is 1. The van der Waals surface area contributed by atoms with Gasteiger partial charge in [-0.15, -0.1) is 0 Å². The van der Waals surface area contributed by atoms with E-state index in [2.05, 4.69) is 10.3 Å². The molecule has 2 aromatic carbocycles. The number of halogens is 1. The summed E-state index contributed by atoms with van der Waals surface area (Å²) < 4.78 is 28.5. The normalized spacial score (nSPS) is 11.0. The van der Waals surface area contributed by atoms with E-state index in [1.54, 1.807) is 24.3 Å². The van der Waals surface area contributed by atoms with Gasteiger partial charge in [0.05, 0.1) is 6.42 Å². The lowest BCUT2D eigenvalue weighted by molar-refractivity contribution is -0.144. The summed E-state index contributed by atoms with van der Waals surface area (Å²) in [7, 11) is 0. The number of hydrogen-bond acceptors (Lipinski definition) is 6. The van der Waals surface area contributed by atoms with Crippen LogP contribution < -0.4 is 0 Å². The quantitative estimate of drug-likeness (QED) is 0.507. The monoisotopic (exact) mass is 352 g/mol. The first kappa shape index (κ1) is 16.0. The maximum Gasteiger partial charge on any atom is 0.312 e. The third-order valence-corrected chi connectivity index (χ3v) is 3.83. The fourth-order valence-electron chi connectivity index (χ4n) is 2.54. The topological polar surface area (TPSA) is 78.4 Å². The minimum atomic E-state index is -0.449. The van der Waals surface area contributed by atoms with Crippen LogP contribution in [0, 0.1) is 5.82 Å². The number of esters is 1. The SMILES string of the molecule is O=C(Cc1noc2ccccc12)OCc1cc(-c2ccc(F)cc2)on1. The number of benzene rings is 2. The smallest absolute Gasteiger partial charge is 0.312 e. The fourth-order valence-corrected chi connectivity index (χ4v) is 2.54. The van der Waals surface area contributed by atoms with E-state index in [0.29, 0.717) is 28.3 Å². The van der Waals surface area contributed by atoms with Crippen LogP contribution in [0.1, 0.15) is 11.4 Å². The Bertz CT molecular complexity index is 1050. The number of carbonyl (C=O) groups excluding carboxylic acids is 1. The number of para-hydroxylation sites is 1. The molecule has 4 rings (SSSR count). The van der Waals surface area contributed by atoms with E-state index in [-0.39, 0.29) is 18.8 Å². The number of fused-ring (bicyclic) bond motifs is 1. The summed E-state index contributed by atoms with van der Waals surface area (Å²) in [5.74, 6) is -0.309. The Kier molecular flexibility index (Phi) is 4.18. The fraction of sp³-hybridized carbons (Fsp3) is 0.105. The van der Waals surface area contributed by atoms with Gasteiger partial charge >= 0.3 is 5.97 Å². The first-order chi connectivity index (χ1) is 12.7. The van der Waals surface area contributed by atoms with Crippen LogP contribution in [0.15, 0.2) is 63.6 Å². The highest BCUT2D eigenvalue weighted by atomic mass is 19.1. The molecule has 0 saturated heterocycles. The van der Waals surface area contributed by atoms with Gasteiger partial charge in [-0.25, -0.2) is 4.39 Å². The Morgan fingerprint density at radius 2 is 1.85 bits per heavy atom. The van der Waals surface area contributed by atoms with Crippen molar-refractivity contribution in [3.63, 3.8) is 0 Å². The van der Waals surface area contributed by atoms with Gasteiger partial charge in [-0.2, -0.15) is 0 Å². The summed E-state index contributed by atoms with van der Waals surface area (Å²) in [6.45, 7) is -0.0285. The van der Waals surface area contributed by atoms with Crippen molar-refractivity contribution in [1.29, 1.82) is 0 Å². The van der Waals surface area contributed by atoms with E-state index >= 15 is 0 Å². The average Bonchev–Trinajstić information content (AvgIpc) is 3.28. The van der Waals surface area contributed by atoms with E-state index in [4.69, 9.17) is 13.8 Å². The molecule has 6 nitrogen and oxygen atoms in total. The van der Waals surface area contributed by atoms with Crippen LogP contribution in [0.25, 0.3) is 22.3 Å². The molecule has 2 heterocycles. The average molecular weight is 352 g/mol. The summed E-state index contributed by atoms with van der Waals surface area (Å²) >= 11 is 0. The zero-order valence-corrected chi connectivity index (χ0v) is 13.5. The molecule has 0 aliphatic rings. The lowest BCUT2D eigenvalue weighted by Gasteiger charge is -2.00. The van der Waals surface area contributed by atoms with Gasteiger partial charge in [-0.1, -0.05) is 22.4 Å². The van der Waals surface area contributed by atoms with Gasteiger partial charge < -0.3 is 13.8 Å². The van der Waals surface area contributed by atoms with Gasteiger partial charge in [-0.3, -0.25) is 4.79 Å². The van der Waals surface area contributed by atoms with Gasteiger partial charge in [0.2, 0.25) is 0 Å². The maximum absolute atomic E-state index is 13.0. The zero-order valence-electron chi connectivity index (χ0n) is 13.5. The number of hydrogen-bond donors (Lipinski definition) is 0. The van der Waals surface area contributed by atoms with Crippen molar-refractivity contribution in [2.45, 2.75) is 13.0 Å². The molecule has 0 aliphatic carbocycles. The van der Waals surface area contributed by atoms with Crippen molar-refractivity contribution >= 4 is 16.9 Å². The minimum absolute atomic E-state index is 0.000313. The van der Waals surface area contributed by atoms with Crippen molar-refractivity contribution in [3.05, 3.63) is 71.8 Å². The van der Waals surface area contributed by atoms with Crippen LogP contribution >= 0.6 is 0 Å². The van der Waals surface area contributed by atoms with Crippen LogP contribution in [0.2, 0.25) is 0 Å². The third kappa shape index (κ3) is 3.32. The molecule has 0 atom stereocenters. The summed E-state index contributed by atoms with van der Waals surface area (Å²) in [6.07, 6.45) is -0.000313. The molecule has 0 saturated carbocycles. The van der Waals surface area contributed by atoms with E-state index in [1.807, 2.05) is 18.2 Å². The van der Waals surface area contributed by atoms with Gasteiger partial charge in [0.15, 0.2) is 11.3 Å². The predicted molar refractivity (Wildman–Crippen MR) is 89.4 cm³/mol. The molecular formula is C19H13FN2O4. The molecule has 0 radical (unpaired) electrons. The number of nitrogens with zero attached hydrogens (tertiary/aromatic N) is 2. The molecule has 0 amide bonds. The second-order valence-electron chi connectivity index (χ2n) is 5.65. The van der Waals surface area contributed by atoms with E-state index in [1.165, 1.54) is 12.1 Å².